The van der Waals surface area contributed by atoms with Crippen LogP contribution in [0.1, 0.15) is 21.7 Å². The van der Waals surface area contributed by atoms with Crippen molar-refractivity contribution in [3.8, 4) is 10.6 Å². The fraction of sp³-hybridized carbons (Fsp3) is 0.200. The highest BCUT2D eigenvalue weighted by molar-refractivity contribution is 7.15. The maximum Gasteiger partial charge on any atom is 0.319 e. The molecule has 26 heavy (non-hydrogen) atoms. The lowest BCUT2D eigenvalue weighted by Crippen LogP contribution is -2.28. The molecule has 0 bridgehead atoms. The van der Waals surface area contributed by atoms with Gasteiger partial charge in [-0.1, -0.05) is 41.9 Å². The molecule has 3 aromatic rings. The highest BCUT2D eigenvalue weighted by atomic mass is 35.5. The summed E-state index contributed by atoms with van der Waals surface area (Å²) in [5.74, 6) is 0. The van der Waals surface area contributed by atoms with Gasteiger partial charge in [0, 0.05) is 16.1 Å². The Morgan fingerprint density at radius 1 is 1.12 bits per heavy atom. The number of nitrogens with zero attached hydrogens (tertiary/aromatic N) is 1. The third-order valence-electron chi connectivity index (χ3n) is 4.26. The molecule has 0 radical (unpaired) electrons. The fourth-order valence-corrected chi connectivity index (χ4v) is 3.88. The van der Waals surface area contributed by atoms with E-state index in [0.717, 1.165) is 38.0 Å². The molecule has 3 rings (SSSR count). The number of urea groups is 1. The molecule has 0 atom stereocenters. The van der Waals surface area contributed by atoms with Gasteiger partial charge in [0.05, 0.1) is 17.3 Å². The number of thiazole rings is 1. The van der Waals surface area contributed by atoms with E-state index in [4.69, 9.17) is 11.6 Å². The standard InChI is InChI=1S/C20H20ClN3OS/c1-12-7-6-10-17(13(12)2)24-20(25)22-11-18-14(3)23-19(26-18)15-8-4-5-9-16(15)21/h4-10H,11H2,1-3H3,(H2,22,24,25). The molecule has 1 heterocycles. The number of carbonyl (C=O) groups is 1. The number of hydrogen-bond acceptors (Lipinski definition) is 3. The van der Waals surface area contributed by atoms with Gasteiger partial charge < -0.3 is 10.6 Å². The Morgan fingerprint density at radius 2 is 1.88 bits per heavy atom. The Kier molecular flexibility index (Phi) is 5.59. The molecule has 0 saturated carbocycles. The lowest BCUT2D eigenvalue weighted by molar-refractivity contribution is 0.252. The van der Waals surface area contributed by atoms with Gasteiger partial charge in [0.25, 0.3) is 0 Å². The molecular weight excluding hydrogens is 366 g/mol. The summed E-state index contributed by atoms with van der Waals surface area (Å²) in [5, 5.41) is 7.34. The normalized spacial score (nSPS) is 10.6. The summed E-state index contributed by atoms with van der Waals surface area (Å²) in [7, 11) is 0. The zero-order valence-electron chi connectivity index (χ0n) is 14.9. The monoisotopic (exact) mass is 385 g/mol. The van der Waals surface area contributed by atoms with Crippen LogP contribution in [-0.2, 0) is 6.54 Å². The van der Waals surface area contributed by atoms with Crippen molar-refractivity contribution in [2.45, 2.75) is 27.3 Å². The molecule has 1 aromatic heterocycles. The number of anilines is 1. The molecule has 6 heteroatoms. The second-order valence-corrected chi connectivity index (χ2v) is 7.55. The van der Waals surface area contributed by atoms with Crippen molar-refractivity contribution in [2.24, 2.45) is 0 Å². The van der Waals surface area contributed by atoms with E-state index in [1.807, 2.05) is 63.2 Å². The van der Waals surface area contributed by atoms with Crippen molar-refractivity contribution < 1.29 is 4.79 Å². The van der Waals surface area contributed by atoms with E-state index >= 15 is 0 Å². The van der Waals surface area contributed by atoms with Crippen molar-refractivity contribution in [1.82, 2.24) is 10.3 Å². The Hall–Kier alpha value is -2.37. The lowest BCUT2D eigenvalue weighted by Gasteiger charge is -2.11. The number of nitrogens with one attached hydrogen (secondary N) is 2. The van der Waals surface area contributed by atoms with Gasteiger partial charge in [0.2, 0.25) is 0 Å². The van der Waals surface area contributed by atoms with Crippen LogP contribution in [-0.4, -0.2) is 11.0 Å². The van der Waals surface area contributed by atoms with E-state index in [1.165, 1.54) is 0 Å². The van der Waals surface area contributed by atoms with Crippen LogP contribution in [0.3, 0.4) is 0 Å². The van der Waals surface area contributed by atoms with E-state index in [2.05, 4.69) is 15.6 Å². The first kappa shape index (κ1) is 18.4. The third-order valence-corrected chi connectivity index (χ3v) is 5.78. The summed E-state index contributed by atoms with van der Waals surface area (Å²) in [6, 6.07) is 13.3. The van der Waals surface area contributed by atoms with Crippen LogP contribution in [0.5, 0.6) is 0 Å². The van der Waals surface area contributed by atoms with Crippen molar-refractivity contribution in [3.63, 3.8) is 0 Å². The predicted molar refractivity (Wildman–Crippen MR) is 109 cm³/mol. The largest absolute Gasteiger partial charge is 0.333 e. The van der Waals surface area contributed by atoms with Crippen LogP contribution in [0.4, 0.5) is 10.5 Å². The van der Waals surface area contributed by atoms with Gasteiger partial charge in [0.15, 0.2) is 0 Å². The molecule has 2 amide bonds. The predicted octanol–water partition coefficient (Wildman–Crippen LogP) is 5.71. The number of benzene rings is 2. The average molecular weight is 386 g/mol. The summed E-state index contributed by atoms with van der Waals surface area (Å²) in [4.78, 5) is 17.8. The number of hydrogen-bond donors (Lipinski definition) is 2. The highest BCUT2D eigenvalue weighted by Gasteiger charge is 2.13. The molecular formula is C20H20ClN3OS. The number of aromatic nitrogens is 1. The molecule has 2 aromatic carbocycles. The van der Waals surface area contributed by atoms with Gasteiger partial charge in [-0.25, -0.2) is 9.78 Å². The maximum absolute atomic E-state index is 12.2. The minimum Gasteiger partial charge on any atom is -0.333 e. The summed E-state index contributed by atoms with van der Waals surface area (Å²) < 4.78 is 0. The molecule has 2 N–H and O–H groups in total. The molecule has 0 fully saturated rings. The zero-order chi connectivity index (χ0) is 18.7. The van der Waals surface area contributed by atoms with Crippen LogP contribution in [0, 0.1) is 20.8 Å². The molecule has 0 aliphatic carbocycles. The van der Waals surface area contributed by atoms with Gasteiger partial charge in [-0.15, -0.1) is 11.3 Å². The summed E-state index contributed by atoms with van der Waals surface area (Å²) in [5.41, 5.74) is 4.84. The average Bonchev–Trinajstić information content (AvgIpc) is 2.98. The second kappa shape index (κ2) is 7.89. The number of carbonyl (C=O) groups excluding carboxylic acids is 1. The van der Waals surface area contributed by atoms with E-state index < -0.39 is 0 Å². The smallest absolute Gasteiger partial charge is 0.319 e. The fourth-order valence-electron chi connectivity index (χ4n) is 2.56. The van der Waals surface area contributed by atoms with Crippen LogP contribution in [0.2, 0.25) is 5.02 Å². The minimum absolute atomic E-state index is 0.231. The van der Waals surface area contributed by atoms with E-state index in [1.54, 1.807) is 11.3 Å². The molecule has 0 aliphatic heterocycles. The van der Waals surface area contributed by atoms with Crippen LogP contribution < -0.4 is 10.6 Å². The van der Waals surface area contributed by atoms with Crippen LogP contribution in [0.25, 0.3) is 10.6 Å². The quantitative estimate of drug-likeness (QED) is 0.604. The summed E-state index contributed by atoms with van der Waals surface area (Å²) in [6.45, 7) is 6.38. The number of halogens is 1. The maximum atomic E-state index is 12.2. The van der Waals surface area contributed by atoms with Crippen molar-refractivity contribution in [1.29, 1.82) is 0 Å². The van der Waals surface area contributed by atoms with Gasteiger partial charge in [-0.3, -0.25) is 0 Å². The van der Waals surface area contributed by atoms with Gasteiger partial charge >= 0.3 is 6.03 Å². The first-order valence-electron chi connectivity index (χ1n) is 8.28. The lowest BCUT2D eigenvalue weighted by atomic mass is 10.1. The van der Waals surface area contributed by atoms with Gasteiger partial charge in [0.1, 0.15) is 5.01 Å². The first-order valence-corrected chi connectivity index (χ1v) is 9.47. The second-order valence-electron chi connectivity index (χ2n) is 6.06. The Balaban J connectivity index is 1.67. The molecule has 0 unspecified atom stereocenters. The minimum atomic E-state index is -0.231. The van der Waals surface area contributed by atoms with Crippen molar-refractivity contribution in [3.05, 3.63) is 69.2 Å². The zero-order valence-corrected chi connectivity index (χ0v) is 16.5. The Morgan fingerprint density at radius 3 is 2.65 bits per heavy atom. The molecule has 0 spiro atoms. The van der Waals surface area contributed by atoms with Crippen molar-refractivity contribution in [2.75, 3.05) is 5.32 Å². The molecule has 0 saturated heterocycles. The van der Waals surface area contributed by atoms with Crippen LogP contribution >= 0.6 is 22.9 Å². The molecule has 134 valence electrons. The van der Waals surface area contributed by atoms with E-state index in [9.17, 15) is 4.79 Å². The number of aryl methyl sites for hydroxylation is 2. The SMILES string of the molecule is Cc1cccc(NC(=O)NCc2sc(-c3ccccc3Cl)nc2C)c1C. The molecule has 4 nitrogen and oxygen atoms in total. The Labute approximate surface area is 162 Å². The van der Waals surface area contributed by atoms with Crippen molar-refractivity contribution >= 4 is 34.7 Å². The summed E-state index contributed by atoms with van der Waals surface area (Å²) >= 11 is 7.80. The Bertz CT molecular complexity index is 952. The third kappa shape index (κ3) is 4.06. The first-order chi connectivity index (χ1) is 12.5. The molecule has 0 aliphatic rings. The number of amides is 2. The van der Waals surface area contributed by atoms with E-state index in [-0.39, 0.29) is 6.03 Å². The van der Waals surface area contributed by atoms with Gasteiger partial charge in [-0.2, -0.15) is 0 Å². The highest BCUT2D eigenvalue weighted by Crippen LogP contribution is 2.32. The van der Waals surface area contributed by atoms with Gasteiger partial charge in [-0.05, 0) is 44.0 Å². The topological polar surface area (TPSA) is 54.0 Å². The number of rotatable bonds is 4. The summed E-state index contributed by atoms with van der Waals surface area (Å²) in [6.07, 6.45) is 0. The van der Waals surface area contributed by atoms with Crippen LogP contribution in [0.15, 0.2) is 42.5 Å². The van der Waals surface area contributed by atoms with E-state index in [0.29, 0.717) is 11.6 Å².